The lowest BCUT2D eigenvalue weighted by Gasteiger charge is -2.16. The number of carboxylic acids is 2. The van der Waals surface area contributed by atoms with Crippen LogP contribution >= 0.6 is 0 Å². The summed E-state index contributed by atoms with van der Waals surface area (Å²) in [7, 11) is 0. The van der Waals surface area contributed by atoms with Crippen LogP contribution in [0.3, 0.4) is 0 Å². The van der Waals surface area contributed by atoms with E-state index < -0.39 is 23.9 Å². The molecular weight excluding hydrogens is 466 g/mol. The Morgan fingerprint density at radius 1 is 1.08 bits per heavy atom. The number of anilines is 2. The number of nitrogens with zero attached hydrogens (tertiary/aromatic N) is 4. The summed E-state index contributed by atoms with van der Waals surface area (Å²) in [6.45, 7) is 0. The number of amides is 1. The molecule has 2 atom stereocenters. The minimum absolute atomic E-state index is 0.00460. The van der Waals surface area contributed by atoms with Crippen LogP contribution < -0.4 is 16.8 Å². The van der Waals surface area contributed by atoms with Crippen LogP contribution in [0.2, 0.25) is 0 Å². The molecule has 0 saturated carbocycles. The summed E-state index contributed by atoms with van der Waals surface area (Å²) in [5, 5.41) is 20.5. The van der Waals surface area contributed by atoms with Gasteiger partial charge in [-0.05, 0) is 37.0 Å². The normalized spacial score (nSPS) is 12.4. The number of rotatable bonds is 11. The summed E-state index contributed by atoms with van der Waals surface area (Å²) in [4.78, 5) is 51.3. The van der Waals surface area contributed by atoms with Gasteiger partial charge in [-0.1, -0.05) is 12.1 Å². The molecule has 2 aromatic heterocycles. The highest BCUT2D eigenvalue weighted by atomic mass is 16.4. The maximum Gasteiger partial charge on any atom is 0.326 e. The molecule has 2 heterocycles. The van der Waals surface area contributed by atoms with E-state index in [1.165, 1.54) is 0 Å². The molecule has 0 fully saturated rings. The average molecular weight is 492 g/mol. The first kappa shape index (κ1) is 25.8. The molecule has 2 unspecified atom stereocenters. The predicted octanol–water partition coefficient (Wildman–Crippen LogP) is 1.37. The molecule has 0 aliphatic rings. The number of nitrogens with one attached hydrogen (secondary N) is 1. The smallest absolute Gasteiger partial charge is 0.326 e. The monoisotopic (exact) mass is 491 g/mol. The Balaban J connectivity index is 1.73. The van der Waals surface area contributed by atoms with Gasteiger partial charge in [0.25, 0.3) is 5.91 Å². The molecule has 0 saturated heterocycles. The number of fused-ring (bicyclic) bond motifs is 1. The Bertz CT molecular complexity index is 1320. The van der Waals surface area contributed by atoms with Crippen molar-refractivity contribution in [3.8, 4) is 12.3 Å². The van der Waals surface area contributed by atoms with Crippen molar-refractivity contribution >= 4 is 40.8 Å². The Labute approximate surface area is 206 Å². The van der Waals surface area contributed by atoms with E-state index in [1.807, 2.05) is 0 Å². The fourth-order valence-electron chi connectivity index (χ4n) is 3.65. The number of benzene rings is 1. The number of terminal acetylenes is 1. The molecule has 12 heteroatoms. The summed E-state index contributed by atoms with van der Waals surface area (Å²) in [6, 6.07) is 5.44. The van der Waals surface area contributed by atoms with Crippen molar-refractivity contribution in [3.63, 3.8) is 0 Å². The molecule has 1 amide bonds. The fraction of sp³-hybridized carbons (Fsp3) is 0.292. The zero-order valence-corrected chi connectivity index (χ0v) is 19.2. The molecule has 0 spiro atoms. The lowest BCUT2D eigenvalue weighted by molar-refractivity contribution is -0.140. The Kier molecular flexibility index (Phi) is 8.30. The SMILES string of the molecule is C#CCC(Cc1cnc2nc(N)nc(N)c2n1)c1ccc(C(=O)NC(CCCC(=O)O)C(=O)O)cc1. The second-order valence-corrected chi connectivity index (χ2v) is 8.08. The first-order valence-corrected chi connectivity index (χ1v) is 11.0. The number of nitrogen functional groups attached to an aromatic ring is 2. The number of aromatic nitrogens is 4. The van der Waals surface area contributed by atoms with Gasteiger partial charge in [0, 0.05) is 24.3 Å². The van der Waals surface area contributed by atoms with Crippen molar-refractivity contribution in [1.82, 2.24) is 25.3 Å². The number of carbonyl (C=O) groups excluding carboxylic acids is 1. The van der Waals surface area contributed by atoms with E-state index in [-0.39, 0.29) is 48.2 Å². The molecule has 12 nitrogen and oxygen atoms in total. The van der Waals surface area contributed by atoms with Crippen molar-refractivity contribution in [1.29, 1.82) is 0 Å². The first-order valence-electron chi connectivity index (χ1n) is 11.0. The van der Waals surface area contributed by atoms with Crippen LogP contribution in [0.4, 0.5) is 11.8 Å². The maximum absolute atomic E-state index is 12.6. The highest BCUT2D eigenvalue weighted by molar-refractivity contribution is 5.96. The topological polar surface area (TPSA) is 207 Å². The van der Waals surface area contributed by atoms with Crippen LogP contribution in [-0.2, 0) is 16.0 Å². The number of carboxylic acid groups (broad SMARTS) is 2. The lowest BCUT2D eigenvalue weighted by Crippen LogP contribution is -2.40. The molecule has 1 aromatic carbocycles. The van der Waals surface area contributed by atoms with Gasteiger partial charge in [-0.3, -0.25) is 9.59 Å². The number of hydrogen-bond donors (Lipinski definition) is 5. The van der Waals surface area contributed by atoms with Gasteiger partial charge < -0.3 is 27.0 Å². The van der Waals surface area contributed by atoms with E-state index in [0.717, 1.165) is 5.56 Å². The number of carbonyl (C=O) groups is 3. The summed E-state index contributed by atoms with van der Waals surface area (Å²) in [5.41, 5.74) is 13.8. The Hall–Kier alpha value is -4.79. The molecule has 3 aromatic rings. The van der Waals surface area contributed by atoms with Gasteiger partial charge in [0.15, 0.2) is 17.0 Å². The summed E-state index contributed by atoms with van der Waals surface area (Å²) < 4.78 is 0. The van der Waals surface area contributed by atoms with E-state index in [0.29, 0.717) is 24.1 Å². The standard InChI is InChI=1S/C24H25N7O5/c1-2-4-15(11-16-12-27-21-19(28-16)20(25)30-24(26)31-21)13-7-9-14(10-8-13)22(34)29-17(23(35)36)5-3-6-18(32)33/h1,7-10,12,15,17H,3-6,11H2,(H,29,34)(H,32,33)(H,35,36)(H4,25,26,27,30,31). The molecule has 0 aliphatic carbocycles. The van der Waals surface area contributed by atoms with E-state index >= 15 is 0 Å². The minimum atomic E-state index is -1.23. The highest BCUT2D eigenvalue weighted by Crippen LogP contribution is 2.25. The third-order valence-electron chi connectivity index (χ3n) is 5.45. The second-order valence-electron chi connectivity index (χ2n) is 8.08. The third kappa shape index (κ3) is 6.63. The number of aliphatic carboxylic acids is 2. The molecule has 36 heavy (non-hydrogen) atoms. The lowest BCUT2D eigenvalue weighted by atomic mass is 9.91. The molecular formula is C24H25N7O5. The largest absolute Gasteiger partial charge is 0.481 e. The van der Waals surface area contributed by atoms with Crippen LogP contribution in [0.1, 0.15) is 53.2 Å². The predicted molar refractivity (Wildman–Crippen MR) is 131 cm³/mol. The molecule has 186 valence electrons. The highest BCUT2D eigenvalue weighted by Gasteiger charge is 2.21. The minimum Gasteiger partial charge on any atom is -0.481 e. The van der Waals surface area contributed by atoms with Crippen LogP contribution in [-0.4, -0.2) is 54.0 Å². The summed E-state index contributed by atoms with van der Waals surface area (Å²) >= 11 is 0. The van der Waals surface area contributed by atoms with Gasteiger partial charge in [0.05, 0.1) is 11.9 Å². The van der Waals surface area contributed by atoms with Crippen LogP contribution in [0.25, 0.3) is 11.2 Å². The molecule has 0 bridgehead atoms. The summed E-state index contributed by atoms with van der Waals surface area (Å²) in [5.74, 6) is -0.203. The Morgan fingerprint density at radius 2 is 1.81 bits per heavy atom. The van der Waals surface area contributed by atoms with Gasteiger partial charge in [-0.25, -0.2) is 14.8 Å². The van der Waals surface area contributed by atoms with Gasteiger partial charge in [-0.15, -0.1) is 12.3 Å². The first-order chi connectivity index (χ1) is 17.2. The molecule has 3 rings (SSSR count). The fourth-order valence-corrected chi connectivity index (χ4v) is 3.65. The van der Waals surface area contributed by atoms with E-state index in [2.05, 4.69) is 31.2 Å². The quantitative estimate of drug-likeness (QED) is 0.242. The molecule has 7 N–H and O–H groups in total. The van der Waals surface area contributed by atoms with Crippen LogP contribution in [0.5, 0.6) is 0 Å². The van der Waals surface area contributed by atoms with E-state index in [1.54, 1.807) is 30.5 Å². The summed E-state index contributed by atoms with van der Waals surface area (Å²) in [6.07, 6.45) is 7.92. The average Bonchev–Trinajstić information content (AvgIpc) is 2.83. The van der Waals surface area contributed by atoms with Crippen molar-refractivity contribution in [2.24, 2.45) is 0 Å². The van der Waals surface area contributed by atoms with Gasteiger partial charge in [0.1, 0.15) is 6.04 Å². The second kappa shape index (κ2) is 11.6. The number of nitrogens with two attached hydrogens (primary N) is 2. The van der Waals surface area contributed by atoms with Gasteiger partial charge in [-0.2, -0.15) is 9.97 Å². The number of hydrogen-bond acceptors (Lipinski definition) is 9. The van der Waals surface area contributed by atoms with Gasteiger partial charge in [0.2, 0.25) is 5.95 Å². The van der Waals surface area contributed by atoms with Crippen molar-refractivity contribution in [2.75, 3.05) is 11.5 Å². The third-order valence-corrected chi connectivity index (χ3v) is 5.45. The molecule has 0 radical (unpaired) electrons. The maximum atomic E-state index is 12.6. The molecule has 0 aliphatic heterocycles. The van der Waals surface area contributed by atoms with Crippen molar-refractivity contribution in [3.05, 3.63) is 47.3 Å². The van der Waals surface area contributed by atoms with E-state index in [9.17, 15) is 19.5 Å². The van der Waals surface area contributed by atoms with Crippen molar-refractivity contribution < 1.29 is 24.6 Å². The van der Waals surface area contributed by atoms with E-state index in [4.69, 9.17) is 23.0 Å². The van der Waals surface area contributed by atoms with Crippen LogP contribution in [0, 0.1) is 12.3 Å². The zero-order chi connectivity index (χ0) is 26.2. The van der Waals surface area contributed by atoms with Crippen molar-refractivity contribution in [2.45, 2.75) is 44.1 Å². The van der Waals surface area contributed by atoms with Crippen LogP contribution in [0.15, 0.2) is 30.5 Å². The zero-order valence-electron chi connectivity index (χ0n) is 19.2. The van der Waals surface area contributed by atoms with Gasteiger partial charge >= 0.3 is 11.9 Å². The Morgan fingerprint density at radius 3 is 2.44 bits per heavy atom.